The first kappa shape index (κ1) is 10.5. The maximum Gasteiger partial charge on any atom is 0.141 e. The highest BCUT2D eigenvalue weighted by Crippen LogP contribution is 2.20. The molecule has 1 aliphatic rings. The smallest absolute Gasteiger partial charge is 0.141 e. The molecule has 15 heavy (non-hydrogen) atoms. The molecule has 3 nitrogen and oxygen atoms in total. The molecular weight excluding hydrogens is 193 g/mol. The van der Waals surface area contributed by atoms with E-state index in [0.717, 1.165) is 18.8 Å². The zero-order chi connectivity index (χ0) is 10.8. The maximum atomic E-state index is 12.7. The molecule has 1 saturated heterocycles. The quantitative estimate of drug-likeness (QED) is 0.810. The van der Waals surface area contributed by atoms with Crippen molar-refractivity contribution in [3.63, 3.8) is 0 Å². The molecule has 1 atom stereocenters. The van der Waals surface area contributed by atoms with Crippen LogP contribution in [0.1, 0.15) is 18.7 Å². The van der Waals surface area contributed by atoms with Crippen LogP contribution in [0.3, 0.4) is 0 Å². The summed E-state index contributed by atoms with van der Waals surface area (Å²) in [7, 11) is 2.08. The van der Waals surface area contributed by atoms with Gasteiger partial charge in [0.05, 0.1) is 11.9 Å². The van der Waals surface area contributed by atoms with Crippen molar-refractivity contribution < 1.29 is 4.39 Å². The predicted octanol–water partition coefficient (Wildman–Crippen LogP) is 1.19. The van der Waals surface area contributed by atoms with Gasteiger partial charge < -0.3 is 5.32 Å². The molecule has 1 aromatic rings. The number of hydrogen-bond donors (Lipinski definition) is 1. The molecule has 0 spiro atoms. The summed E-state index contributed by atoms with van der Waals surface area (Å²) in [5.74, 6) is -0.279. The minimum Gasteiger partial charge on any atom is -0.314 e. The van der Waals surface area contributed by atoms with Gasteiger partial charge in [0.15, 0.2) is 0 Å². The Morgan fingerprint density at radius 2 is 2.27 bits per heavy atom. The second-order valence-electron chi connectivity index (χ2n) is 4.05. The Kier molecular flexibility index (Phi) is 2.98. The van der Waals surface area contributed by atoms with Crippen LogP contribution in [-0.2, 0) is 0 Å². The molecule has 0 bridgehead atoms. The van der Waals surface area contributed by atoms with Gasteiger partial charge in [0.1, 0.15) is 5.82 Å². The Bertz CT molecular complexity index is 321. The zero-order valence-electron chi connectivity index (χ0n) is 9.07. The fourth-order valence-electron chi connectivity index (χ4n) is 1.72. The number of nitrogens with zero attached hydrogens (tertiary/aromatic N) is 2. The largest absolute Gasteiger partial charge is 0.314 e. The fraction of sp³-hybridized carbons (Fsp3) is 0.545. The Labute approximate surface area is 89.3 Å². The average Bonchev–Trinajstić information content (AvgIpc) is 2.15. The number of pyridine rings is 1. The molecule has 2 heterocycles. The van der Waals surface area contributed by atoms with Crippen LogP contribution in [0.25, 0.3) is 0 Å². The number of likely N-dealkylation sites (N-methyl/N-ethyl adjacent to an activating group) is 1. The van der Waals surface area contributed by atoms with Gasteiger partial charge in [-0.3, -0.25) is 9.88 Å². The molecule has 1 aromatic heterocycles. The van der Waals surface area contributed by atoms with E-state index in [-0.39, 0.29) is 11.9 Å². The predicted molar refractivity (Wildman–Crippen MR) is 57.0 cm³/mol. The SMILES string of the molecule is CC(c1ccc(F)cn1)N(C)C1CNC1. The molecule has 0 saturated carbocycles. The number of hydrogen-bond acceptors (Lipinski definition) is 3. The summed E-state index contributed by atoms with van der Waals surface area (Å²) in [5.41, 5.74) is 0.922. The number of halogens is 1. The van der Waals surface area contributed by atoms with Crippen LogP contribution in [0, 0.1) is 5.82 Å². The summed E-state index contributed by atoms with van der Waals surface area (Å²) in [6.07, 6.45) is 1.28. The summed E-state index contributed by atoms with van der Waals surface area (Å²) < 4.78 is 12.7. The lowest BCUT2D eigenvalue weighted by atomic mass is 10.1. The summed E-state index contributed by atoms with van der Waals surface area (Å²) in [6, 6.07) is 4.03. The molecule has 0 radical (unpaired) electrons. The van der Waals surface area contributed by atoms with E-state index in [1.807, 2.05) is 0 Å². The molecule has 1 aliphatic heterocycles. The Morgan fingerprint density at radius 1 is 1.53 bits per heavy atom. The van der Waals surface area contributed by atoms with Gasteiger partial charge in [-0.25, -0.2) is 4.39 Å². The second kappa shape index (κ2) is 4.24. The van der Waals surface area contributed by atoms with Crippen LogP contribution in [0.4, 0.5) is 4.39 Å². The van der Waals surface area contributed by atoms with Gasteiger partial charge in [-0.15, -0.1) is 0 Å². The van der Waals surface area contributed by atoms with Crippen molar-refractivity contribution in [2.45, 2.75) is 19.0 Å². The molecule has 1 fully saturated rings. The lowest BCUT2D eigenvalue weighted by molar-refractivity contribution is 0.134. The Balaban J connectivity index is 2.05. The molecule has 0 amide bonds. The first-order valence-corrected chi connectivity index (χ1v) is 5.22. The molecule has 0 aliphatic carbocycles. The van der Waals surface area contributed by atoms with Gasteiger partial charge in [0, 0.05) is 25.2 Å². The summed E-state index contributed by atoms with van der Waals surface area (Å²) in [6.45, 7) is 4.16. The Morgan fingerprint density at radius 3 is 2.73 bits per heavy atom. The first-order chi connectivity index (χ1) is 7.18. The van der Waals surface area contributed by atoms with Gasteiger partial charge in [-0.1, -0.05) is 0 Å². The van der Waals surface area contributed by atoms with E-state index in [1.165, 1.54) is 12.3 Å². The maximum absolute atomic E-state index is 12.7. The summed E-state index contributed by atoms with van der Waals surface area (Å²) in [5, 5.41) is 3.24. The zero-order valence-corrected chi connectivity index (χ0v) is 9.07. The minimum atomic E-state index is -0.279. The minimum absolute atomic E-state index is 0.234. The van der Waals surface area contributed by atoms with Gasteiger partial charge in [0.2, 0.25) is 0 Å². The van der Waals surface area contributed by atoms with Gasteiger partial charge in [0.25, 0.3) is 0 Å². The Hall–Kier alpha value is -1.00. The topological polar surface area (TPSA) is 28.2 Å². The fourth-order valence-corrected chi connectivity index (χ4v) is 1.72. The average molecular weight is 209 g/mol. The highest BCUT2D eigenvalue weighted by atomic mass is 19.1. The number of nitrogens with one attached hydrogen (secondary N) is 1. The van der Waals surface area contributed by atoms with Crippen molar-refractivity contribution in [2.75, 3.05) is 20.1 Å². The first-order valence-electron chi connectivity index (χ1n) is 5.22. The molecule has 1 unspecified atom stereocenters. The van der Waals surface area contributed by atoms with Crippen LogP contribution in [0.2, 0.25) is 0 Å². The summed E-state index contributed by atoms with van der Waals surface area (Å²) >= 11 is 0. The van der Waals surface area contributed by atoms with E-state index >= 15 is 0 Å². The van der Waals surface area contributed by atoms with E-state index < -0.39 is 0 Å². The highest BCUT2D eigenvalue weighted by molar-refractivity contribution is 5.10. The monoisotopic (exact) mass is 209 g/mol. The van der Waals surface area contributed by atoms with Crippen molar-refractivity contribution in [1.82, 2.24) is 15.2 Å². The molecule has 1 N–H and O–H groups in total. The van der Waals surface area contributed by atoms with Gasteiger partial charge >= 0.3 is 0 Å². The number of rotatable bonds is 3. The third-order valence-electron chi connectivity index (χ3n) is 3.13. The highest BCUT2D eigenvalue weighted by Gasteiger charge is 2.26. The van der Waals surface area contributed by atoms with Crippen molar-refractivity contribution in [3.05, 3.63) is 29.8 Å². The van der Waals surface area contributed by atoms with Crippen LogP contribution in [0.15, 0.2) is 18.3 Å². The standard InChI is InChI=1S/C11H16FN3/c1-8(15(2)10-6-13-7-10)11-4-3-9(12)5-14-11/h3-5,8,10,13H,6-7H2,1-2H3. The van der Waals surface area contributed by atoms with E-state index in [2.05, 4.69) is 29.2 Å². The van der Waals surface area contributed by atoms with E-state index in [0.29, 0.717) is 6.04 Å². The van der Waals surface area contributed by atoms with E-state index in [9.17, 15) is 4.39 Å². The van der Waals surface area contributed by atoms with Crippen molar-refractivity contribution in [3.8, 4) is 0 Å². The van der Waals surface area contributed by atoms with E-state index in [4.69, 9.17) is 0 Å². The van der Waals surface area contributed by atoms with Crippen LogP contribution in [-0.4, -0.2) is 36.1 Å². The lowest BCUT2D eigenvalue weighted by Gasteiger charge is -2.39. The van der Waals surface area contributed by atoms with Crippen LogP contribution >= 0.6 is 0 Å². The number of aromatic nitrogens is 1. The molecule has 0 aromatic carbocycles. The van der Waals surface area contributed by atoms with Crippen molar-refractivity contribution in [2.24, 2.45) is 0 Å². The van der Waals surface area contributed by atoms with Crippen LogP contribution in [0.5, 0.6) is 0 Å². The van der Waals surface area contributed by atoms with Crippen molar-refractivity contribution in [1.29, 1.82) is 0 Å². The second-order valence-corrected chi connectivity index (χ2v) is 4.05. The normalized spacial score (nSPS) is 18.9. The van der Waals surface area contributed by atoms with Crippen molar-refractivity contribution >= 4 is 0 Å². The van der Waals surface area contributed by atoms with Gasteiger partial charge in [-0.05, 0) is 26.1 Å². The van der Waals surface area contributed by atoms with E-state index in [1.54, 1.807) is 6.07 Å². The molecule has 2 rings (SSSR count). The lowest BCUT2D eigenvalue weighted by Crippen LogP contribution is -2.56. The molecular formula is C11H16FN3. The molecule has 4 heteroatoms. The summed E-state index contributed by atoms with van der Waals surface area (Å²) in [4.78, 5) is 6.38. The third kappa shape index (κ3) is 2.16. The molecule has 82 valence electrons. The van der Waals surface area contributed by atoms with Gasteiger partial charge in [-0.2, -0.15) is 0 Å². The third-order valence-corrected chi connectivity index (χ3v) is 3.13. The van der Waals surface area contributed by atoms with Crippen LogP contribution < -0.4 is 5.32 Å².